The summed E-state index contributed by atoms with van der Waals surface area (Å²) in [5, 5.41) is 2.74. The Morgan fingerprint density at radius 3 is 2.52 bits per heavy atom. The summed E-state index contributed by atoms with van der Waals surface area (Å²) in [6.45, 7) is 1.44. The van der Waals surface area contributed by atoms with Crippen LogP contribution in [0.5, 0.6) is 0 Å². The minimum absolute atomic E-state index is 0.0244. The first-order chi connectivity index (χ1) is 11.9. The molecule has 0 bridgehead atoms. The summed E-state index contributed by atoms with van der Waals surface area (Å²) in [5.74, 6) is -0.439. The Hall–Kier alpha value is -1.96. The minimum atomic E-state index is -3.05. The van der Waals surface area contributed by atoms with E-state index in [0.717, 1.165) is 38.8 Å². The van der Waals surface area contributed by atoms with Crippen LogP contribution in [0.25, 0.3) is 0 Å². The molecule has 0 aliphatic carbocycles. The average molecular weight is 365 g/mol. The second-order valence-corrected chi connectivity index (χ2v) is 8.94. The molecule has 2 amide bonds. The summed E-state index contributed by atoms with van der Waals surface area (Å²) in [6.07, 6.45) is 6.11. The maximum absolute atomic E-state index is 12.6. The van der Waals surface area contributed by atoms with Crippen LogP contribution in [0.3, 0.4) is 0 Å². The molecule has 1 aromatic heterocycles. The van der Waals surface area contributed by atoms with Gasteiger partial charge in [0.1, 0.15) is 5.69 Å². The molecule has 1 atom stereocenters. The Kier molecular flexibility index (Phi) is 5.36. The lowest BCUT2D eigenvalue weighted by Crippen LogP contribution is -2.36. The molecule has 0 aromatic carbocycles. The van der Waals surface area contributed by atoms with E-state index < -0.39 is 9.84 Å². The van der Waals surface area contributed by atoms with Crippen molar-refractivity contribution in [1.82, 2.24) is 15.2 Å². The smallest absolute Gasteiger partial charge is 0.272 e. The van der Waals surface area contributed by atoms with Gasteiger partial charge < -0.3 is 10.2 Å². The van der Waals surface area contributed by atoms with E-state index in [-0.39, 0.29) is 35.1 Å². The van der Waals surface area contributed by atoms with E-state index in [0.29, 0.717) is 12.0 Å². The Morgan fingerprint density at radius 2 is 1.88 bits per heavy atom. The van der Waals surface area contributed by atoms with Gasteiger partial charge in [-0.25, -0.2) is 8.42 Å². The lowest BCUT2D eigenvalue weighted by Gasteiger charge is -2.20. The zero-order valence-corrected chi connectivity index (χ0v) is 14.9. The van der Waals surface area contributed by atoms with Crippen molar-refractivity contribution in [2.24, 2.45) is 0 Å². The second-order valence-electron chi connectivity index (χ2n) is 6.71. The summed E-state index contributed by atoms with van der Waals surface area (Å²) in [6, 6.07) is 2.67. The third-order valence-electron chi connectivity index (χ3n) is 4.70. The van der Waals surface area contributed by atoms with Gasteiger partial charge in [0.25, 0.3) is 11.8 Å². The van der Waals surface area contributed by atoms with E-state index in [1.807, 2.05) is 0 Å². The summed E-state index contributed by atoms with van der Waals surface area (Å²) in [5.41, 5.74) is 0.589. The van der Waals surface area contributed by atoms with Crippen molar-refractivity contribution in [3.8, 4) is 0 Å². The predicted molar refractivity (Wildman–Crippen MR) is 93.1 cm³/mol. The van der Waals surface area contributed by atoms with Crippen LogP contribution in [0.2, 0.25) is 0 Å². The number of hydrogen-bond donors (Lipinski definition) is 1. The van der Waals surface area contributed by atoms with Gasteiger partial charge in [0.15, 0.2) is 9.84 Å². The van der Waals surface area contributed by atoms with Crippen molar-refractivity contribution in [2.75, 3.05) is 24.6 Å². The Balaban J connectivity index is 1.68. The van der Waals surface area contributed by atoms with Gasteiger partial charge >= 0.3 is 0 Å². The quantitative estimate of drug-likeness (QED) is 0.862. The molecular weight excluding hydrogens is 342 g/mol. The molecule has 8 heteroatoms. The summed E-state index contributed by atoms with van der Waals surface area (Å²) >= 11 is 0. The monoisotopic (exact) mass is 365 g/mol. The molecule has 25 heavy (non-hydrogen) atoms. The molecule has 3 rings (SSSR count). The maximum atomic E-state index is 12.6. The normalized spacial score (nSPS) is 23.0. The number of rotatable bonds is 3. The third kappa shape index (κ3) is 4.56. The number of amides is 2. The molecule has 1 aromatic rings. The lowest BCUT2D eigenvalue weighted by molar-refractivity contribution is 0.0755. The van der Waals surface area contributed by atoms with Crippen LogP contribution < -0.4 is 5.32 Å². The molecule has 2 aliphatic rings. The molecule has 136 valence electrons. The standard InChI is InChI=1S/C17H23N3O4S/c21-16(19-14-6-10-25(23,24)12-14)13-5-7-18-15(11-13)17(22)20-8-3-1-2-4-9-20/h5,7,11,14H,1-4,6,8-10,12H2,(H,19,21). The average Bonchev–Trinajstić information content (AvgIpc) is 2.80. The zero-order valence-electron chi connectivity index (χ0n) is 14.1. The van der Waals surface area contributed by atoms with Crippen LogP contribution in [0.1, 0.15) is 53.0 Å². The highest BCUT2D eigenvalue weighted by molar-refractivity contribution is 7.91. The number of hydrogen-bond acceptors (Lipinski definition) is 5. The number of nitrogens with zero attached hydrogens (tertiary/aromatic N) is 2. The summed E-state index contributed by atoms with van der Waals surface area (Å²) < 4.78 is 23.0. The van der Waals surface area contributed by atoms with Gasteiger partial charge in [0, 0.05) is 30.9 Å². The fourth-order valence-electron chi connectivity index (χ4n) is 3.30. The second kappa shape index (κ2) is 7.51. The van der Waals surface area contributed by atoms with Crippen molar-refractivity contribution in [2.45, 2.75) is 38.1 Å². The lowest BCUT2D eigenvalue weighted by atomic mass is 10.1. The Labute approximate surface area is 147 Å². The molecule has 2 fully saturated rings. The third-order valence-corrected chi connectivity index (χ3v) is 6.47. The molecule has 1 unspecified atom stereocenters. The van der Waals surface area contributed by atoms with E-state index in [1.54, 1.807) is 4.90 Å². The molecular formula is C17H23N3O4S. The van der Waals surface area contributed by atoms with E-state index in [9.17, 15) is 18.0 Å². The number of likely N-dealkylation sites (tertiary alicyclic amines) is 1. The van der Waals surface area contributed by atoms with E-state index in [4.69, 9.17) is 0 Å². The van der Waals surface area contributed by atoms with Crippen LogP contribution in [0.4, 0.5) is 0 Å². The van der Waals surface area contributed by atoms with Gasteiger partial charge in [-0.3, -0.25) is 14.6 Å². The van der Waals surface area contributed by atoms with Gasteiger partial charge in [-0.2, -0.15) is 0 Å². The number of pyridine rings is 1. The molecule has 3 heterocycles. The molecule has 0 radical (unpaired) electrons. The topological polar surface area (TPSA) is 96.4 Å². The van der Waals surface area contributed by atoms with Gasteiger partial charge in [0.2, 0.25) is 0 Å². The van der Waals surface area contributed by atoms with Crippen LogP contribution in [-0.4, -0.2) is 60.8 Å². The predicted octanol–water partition coefficient (Wildman–Crippen LogP) is 1.01. The molecule has 2 aliphatic heterocycles. The minimum Gasteiger partial charge on any atom is -0.348 e. The number of nitrogens with one attached hydrogen (secondary N) is 1. The maximum Gasteiger partial charge on any atom is 0.272 e. The van der Waals surface area contributed by atoms with Crippen molar-refractivity contribution < 1.29 is 18.0 Å². The fourth-order valence-corrected chi connectivity index (χ4v) is 4.98. The van der Waals surface area contributed by atoms with Crippen LogP contribution in [0, 0.1) is 0 Å². The fraction of sp³-hybridized carbons (Fsp3) is 0.588. The Morgan fingerprint density at radius 1 is 1.16 bits per heavy atom. The van der Waals surface area contributed by atoms with Crippen molar-refractivity contribution in [3.05, 3.63) is 29.6 Å². The van der Waals surface area contributed by atoms with Crippen LogP contribution in [-0.2, 0) is 9.84 Å². The molecule has 0 spiro atoms. The van der Waals surface area contributed by atoms with Gasteiger partial charge in [-0.05, 0) is 31.4 Å². The highest BCUT2D eigenvalue weighted by atomic mass is 32.2. The van der Waals surface area contributed by atoms with Crippen LogP contribution in [0.15, 0.2) is 18.3 Å². The van der Waals surface area contributed by atoms with Gasteiger partial charge in [-0.1, -0.05) is 12.8 Å². The molecule has 1 N–H and O–H groups in total. The highest BCUT2D eigenvalue weighted by Crippen LogP contribution is 2.15. The number of carbonyl (C=O) groups excluding carboxylic acids is 2. The van der Waals surface area contributed by atoms with Crippen LogP contribution >= 0.6 is 0 Å². The van der Waals surface area contributed by atoms with Crippen molar-refractivity contribution in [1.29, 1.82) is 0 Å². The highest BCUT2D eigenvalue weighted by Gasteiger charge is 2.29. The summed E-state index contributed by atoms with van der Waals surface area (Å²) in [4.78, 5) is 30.9. The van der Waals surface area contributed by atoms with Crippen molar-refractivity contribution in [3.63, 3.8) is 0 Å². The first kappa shape index (κ1) is 17.8. The van der Waals surface area contributed by atoms with Gasteiger partial charge in [-0.15, -0.1) is 0 Å². The number of carbonyl (C=O) groups is 2. The SMILES string of the molecule is O=C(NC1CCS(=O)(=O)C1)c1ccnc(C(=O)N2CCCCCC2)c1. The number of sulfone groups is 1. The summed E-state index contributed by atoms with van der Waals surface area (Å²) in [7, 11) is -3.05. The Bertz CT molecular complexity index is 755. The van der Waals surface area contributed by atoms with E-state index in [2.05, 4.69) is 10.3 Å². The van der Waals surface area contributed by atoms with Crippen molar-refractivity contribution >= 4 is 21.7 Å². The largest absolute Gasteiger partial charge is 0.348 e. The first-order valence-corrected chi connectivity index (χ1v) is 10.5. The first-order valence-electron chi connectivity index (χ1n) is 8.71. The van der Waals surface area contributed by atoms with E-state index >= 15 is 0 Å². The van der Waals surface area contributed by atoms with E-state index in [1.165, 1.54) is 18.3 Å². The zero-order chi connectivity index (χ0) is 17.9. The molecule has 7 nitrogen and oxygen atoms in total. The molecule has 2 saturated heterocycles. The molecule has 0 saturated carbocycles. The van der Waals surface area contributed by atoms with Gasteiger partial charge in [0.05, 0.1) is 11.5 Å². The number of aromatic nitrogens is 1.